The summed E-state index contributed by atoms with van der Waals surface area (Å²) in [5.74, 6) is 0.998. The summed E-state index contributed by atoms with van der Waals surface area (Å²) in [6, 6.07) is 11.7. The first-order valence-corrected chi connectivity index (χ1v) is 16.5. The maximum atomic E-state index is 11.4. The van der Waals surface area contributed by atoms with Crippen LogP contribution in [-0.2, 0) is 5.60 Å². The molecule has 0 unspecified atom stereocenters. The summed E-state index contributed by atoms with van der Waals surface area (Å²) in [6.45, 7) is 21.6. The fourth-order valence-corrected chi connectivity index (χ4v) is 12.2. The van der Waals surface area contributed by atoms with Crippen molar-refractivity contribution < 1.29 is 14.6 Å². The van der Waals surface area contributed by atoms with E-state index >= 15 is 0 Å². The Kier molecular flexibility index (Phi) is 9.61. The molecule has 0 saturated carbocycles. The van der Waals surface area contributed by atoms with Crippen LogP contribution in [0.3, 0.4) is 0 Å². The van der Waals surface area contributed by atoms with Crippen LogP contribution in [0.25, 0.3) is 0 Å². The summed E-state index contributed by atoms with van der Waals surface area (Å²) in [5, 5.41) is 23.3. The maximum Gasteiger partial charge on any atom is 0.258 e. The van der Waals surface area contributed by atoms with Gasteiger partial charge in [0.2, 0.25) is 0 Å². The lowest BCUT2D eigenvalue weighted by Gasteiger charge is -2.43. The normalized spacial score (nSPS) is 18.5. The van der Waals surface area contributed by atoms with E-state index in [1.165, 1.54) is 0 Å². The number of aliphatic hydroxyl groups excluding tert-OH is 1. The zero-order chi connectivity index (χ0) is 27.7. The van der Waals surface area contributed by atoms with E-state index in [9.17, 15) is 10.2 Å². The molecule has 1 aliphatic heterocycles. The summed E-state index contributed by atoms with van der Waals surface area (Å²) < 4.78 is 7.04. The Labute approximate surface area is 231 Å². The Morgan fingerprint density at radius 2 is 1.32 bits per heavy atom. The molecule has 0 spiro atoms. The van der Waals surface area contributed by atoms with E-state index in [4.69, 9.17) is 16.0 Å². The number of likely N-dealkylation sites (tertiary alicyclic amines) is 1. The van der Waals surface area contributed by atoms with Crippen LogP contribution in [-0.4, -0.2) is 42.6 Å². The van der Waals surface area contributed by atoms with Gasteiger partial charge in [-0.3, -0.25) is 4.90 Å². The van der Waals surface area contributed by atoms with Gasteiger partial charge in [0.15, 0.2) is 0 Å². The Morgan fingerprint density at radius 1 is 0.865 bits per heavy atom. The van der Waals surface area contributed by atoms with Crippen LogP contribution in [0.5, 0.6) is 5.75 Å². The molecule has 2 aromatic rings. The van der Waals surface area contributed by atoms with E-state index in [0.29, 0.717) is 34.5 Å². The highest BCUT2D eigenvalue weighted by molar-refractivity contribution is 6.78. The number of aliphatic hydroxyl groups is 2. The van der Waals surface area contributed by atoms with Crippen LogP contribution in [0.4, 0.5) is 0 Å². The van der Waals surface area contributed by atoms with Gasteiger partial charge in [0.25, 0.3) is 8.32 Å². The molecule has 4 nitrogen and oxygen atoms in total. The van der Waals surface area contributed by atoms with Crippen molar-refractivity contribution in [3.05, 3.63) is 63.7 Å². The van der Waals surface area contributed by atoms with Crippen LogP contribution < -0.4 is 4.43 Å². The second kappa shape index (κ2) is 11.8. The van der Waals surface area contributed by atoms with E-state index in [2.05, 4.69) is 79.3 Å². The Morgan fingerprint density at radius 3 is 1.76 bits per heavy atom. The van der Waals surface area contributed by atoms with Crippen molar-refractivity contribution in [2.45, 2.75) is 110 Å². The molecule has 0 aromatic heterocycles. The average molecular weight is 546 g/mol. The largest absolute Gasteiger partial charge is 0.542 e. The predicted molar refractivity (Wildman–Crippen MR) is 158 cm³/mol. The number of aryl methyl sites for hydroxylation is 2. The van der Waals surface area contributed by atoms with E-state index in [-0.39, 0.29) is 6.04 Å². The van der Waals surface area contributed by atoms with Crippen LogP contribution in [0.1, 0.15) is 89.7 Å². The first-order valence-electron chi connectivity index (χ1n) is 13.9. The highest BCUT2D eigenvalue weighted by Crippen LogP contribution is 2.45. The molecule has 1 fully saturated rings. The number of piperidine rings is 1. The van der Waals surface area contributed by atoms with Gasteiger partial charge in [-0.25, -0.2) is 0 Å². The number of nitrogens with zero attached hydrogens (tertiary/aromatic N) is 1. The van der Waals surface area contributed by atoms with Gasteiger partial charge in [-0.1, -0.05) is 65.3 Å². The number of rotatable bonds is 9. The lowest BCUT2D eigenvalue weighted by Crippen LogP contribution is -2.51. The number of benzene rings is 2. The molecular weight excluding hydrogens is 498 g/mol. The third-order valence-electron chi connectivity index (χ3n) is 8.85. The number of hydrogen-bond donors (Lipinski definition) is 2. The van der Waals surface area contributed by atoms with Gasteiger partial charge in [0, 0.05) is 24.2 Å². The zero-order valence-corrected chi connectivity index (χ0v) is 26.1. The average Bonchev–Trinajstić information content (AvgIpc) is 2.82. The topological polar surface area (TPSA) is 52.9 Å². The quantitative estimate of drug-likeness (QED) is 0.314. The molecule has 0 radical (unpaired) electrons. The van der Waals surface area contributed by atoms with Gasteiger partial charge in [-0.15, -0.1) is 0 Å². The van der Waals surface area contributed by atoms with Crippen LogP contribution in [0.15, 0.2) is 36.4 Å². The van der Waals surface area contributed by atoms with E-state index in [1.54, 1.807) is 0 Å². The molecule has 3 rings (SSSR count). The molecule has 2 N–H and O–H groups in total. The standard InChI is InChI=1S/C31H48ClNO3Si/c1-20(2)37(21(3)4,22(5)6)36-30-23(7)18-26(19-24(30)8)29(34)25(9)33-16-14-31(35,15-17-33)27-10-12-28(32)13-11-27/h10-13,18-22,25,29,34-35H,14-17H2,1-9H3/t25-,29+/m1/s1. The molecule has 0 amide bonds. The fraction of sp³-hybridized carbons (Fsp3) is 0.613. The van der Waals surface area contributed by atoms with Gasteiger partial charge in [-0.2, -0.15) is 0 Å². The lowest BCUT2D eigenvalue weighted by atomic mass is 9.83. The summed E-state index contributed by atoms with van der Waals surface area (Å²) >= 11 is 6.03. The summed E-state index contributed by atoms with van der Waals surface area (Å²) in [4.78, 5) is 2.29. The highest BCUT2D eigenvalue weighted by Gasteiger charge is 2.47. The molecule has 1 heterocycles. The third kappa shape index (κ3) is 6.12. The summed E-state index contributed by atoms with van der Waals surface area (Å²) in [7, 11) is -2.07. The molecule has 206 valence electrons. The second-order valence-electron chi connectivity index (χ2n) is 12.2. The van der Waals surface area contributed by atoms with Crippen LogP contribution in [0, 0.1) is 13.8 Å². The van der Waals surface area contributed by atoms with Gasteiger partial charge < -0.3 is 14.6 Å². The SMILES string of the molecule is Cc1cc([C@@H](O)[C@@H](C)N2CCC(O)(c3ccc(Cl)cc3)CC2)cc(C)c1O[Si](C(C)C)(C(C)C)C(C)C. The Bertz CT molecular complexity index is 1000. The molecule has 37 heavy (non-hydrogen) atoms. The van der Waals surface area contributed by atoms with Crippen molar-refractivity contribution in [3.8, 4) is 5.75 Å². The van der Waals surface area contributed by atoms with Gasteiger partial charge >= 0.3 is 0 Å². The van der Waals surface area contributed by atoms with Crippen molar-refractivity contribution in [1.82, 2.24) is 4.90 Å². The molecular formula is C31H48ClNO3Si. The van der Waals surface area contributed by atoms with Crippen molar-refractivity contribution in [2.24, 2.45) is 0 Å². The minimum absolute atomic E-state index is 0.0595. The van der Waals surface area contributed by atoms with Gasteiger partial charge in [-0.05, 0) is 96.8 Å². The van der Waals surface area contributed by atoms with Gasteiger partial charge in [0.05, 0.1) is 11.7 Å². The van der Waals surface area contributed by atoms with Crippen molar-refractivity contribution in [2.75, 3.05) is 13.1 Å². The maximum absolute atomic E-state index is 11.4. The third-order valence-corrected chi connectivity index (χ3v) is 15.1. The van der Waals surface area contributed by atoms with Crippen molar-refractivity contribution in [1.29, 1.82) is 0 Å². The molecule has 1 aliphatic rings. The molecule has 2 aromatic carbocycles. The summed E-state index contributed by atoms with van der Waals surface area (Å²) in [5.41, 5.74) is 4.69. The monoisotopic (exact) mass is 545 g/mol. The second-order valence-corrected chi connectivity index (χ2v) is 18.0. The van der Waals surface area contributed by atoms with Gasteiger partial charge in [0.1, 0.15) is 5.75 Å². The number of hydrogen-bond acceptors (Lipinski definition) is 4. The highest BCUT2D eigenvalue weighted by atomic mass is 35.5. The van der Waals surface area contributed by atoms with Crippen molar-refractivity contribution >= 4 is 19.9 Å². The number of halogens is 1. The zero-order valence-electron chi connectivity index (χ0n) is 24.3. The van der Waals surface area contributed by atoms with E-state index < -0.39 is 20.0 Å². The summed E-state index contributed by atoms with van der Waals surface area (Å²) in [6.07, 6.45) is 0.640. The van der Waals surface area contributed by atoms with Crippen LogP contribution in [0.2, 0.25) is 21.6 Å². The minimum atomic E-state index is -2.07. The lowest BCUT2D eigenvalue weighted by molar-refractivity contribution is -0.0501. The minimum Gasteiger partial charge on any atom is -0.542 e. The molecule has 0 aliphatic carbocycles. The van der Waals surface area contributed by atoms with Crippen LogP contribution >= 0.6 is 11.6 Å². The Hall–Kier alpha value is -1.37. The predicted octanol–water partition coefficient (Wildman–Crippen LogP) is 7.92. The van der Waals surface area contributed by atoms with E-state index in [0.717, 1.165) is 41.1 Å². The Balaban J connectivity index is 1.76. The fourth-order valence-electron chi connectivity index (χ4n) is 6.67. The molecule has 2 atom stereocenters. The van der Waals surface area contributed by atoms with E-state index in [1.807, 2.05) is 24.3 Å². The first-order chi connectivity index (χ1) is 17.2. The molecule has 1 saturated heterocycles. The molecule has 6 heteroatoms. The molecule has 0 bridgehead atoms. The van der Waals surface area contributed by atoms with Crippen molar-refractivity contribution in [3.63, 3.8) is 0 Å². The first kappa shape index (κ1) is 30.2. The smallest absolute Gasteiger partial charge is 0.258 e.